The SMILES string of the molecule is NC(=O)c1cc(F)c(N[C@@H]2CCCC[C@@H]2N)nc1Nc1cncc(C2=CCCCC2)c1. The highest BCUT2D eigenvalue weighted by atomic mass is 19.1. The van der Waals surface area contributed by atoms with Crippen LogP contribution in [0, 0.1) is 5.82 Å². The van der Waals surface area contributed by atoms with Crippen molar-refractivity contribution in [1.82, 2.24) is 9.97 Å². The van der Waals surface area contributed by atoms with Crippen LogP contribution in [-0.2, 0) is 0 Å². The van der Waals surface area contributed by atoms with Crippen molar-refractivity contribution in [3.8, 4) is 0 Å². The molecule has 0 spiro atoms. The van der Waals surface area contributed by atoms with Gasteiger partial charge in [-0.05, 0) is 61.8 Å². The lowest BCUT2D eigenvalue weighted by atomic mass is 9.91. The molecule has 2 aliphatic rings. The van der Waals surface area contributed by atoms with Gasteiger partial charge in [-0.15, -0.1) is 0 Å². The Hall–Kier alpha value is -3.00. The first-order valence-electron chi connectivity index (χ1n) is 10.9. The largest absolute Gasteiger partial charge is 0.365 e. The van der Waals surface area contributed by atoms with Crippen molar-refractivity contribution >= 4 is 28.8 Å². The van der Waals surface area contributed by atoms with Gasteiger partial charge in [0, 0.05) is 18.3 Å². The Bertz CT molecular complexity index is 992. The number of hydrogen-bond acceptors (Lipinski definition) is 6. The monoisotopic (exact) mass is 424 g/mol. The molecule has 7 nitrogen and oxygen atoms in total. The molecule has 31 heavy (non-hydrogen) atoms. The highest BCUT2D eigenvalue weighted by Gasteiger charge is 2.24. The lowest BCUT2D eigenvalue weighted by Crippen LogP contribution is -2.43. The number of rotatable bonds is 6. The van der Waals surface area contributed by atoms with Gasteiger partial charge < -0.3 is 22.1 Å². The lowest BCUT2D eigenvalue weighted by molar-refractivity contribution is 0.100. The molecule has 164 valence electrons. The zero-order valence-electron chi connectivity index (χ0n) is 17.5. The normalized spacial score (nSPS) is 21.3. The number of nitrogens with two attached hydrogens (primary N) is 2. The molecule has 4 rings (SSSR count). The highest BCUT2D eigenvalue weighted by Crippen LogP contribution is 2.30. The molecule has 0 bridgehead atoms. The second kappa shape index (κ2) is 9.43. The molecule has 0 aromatic carbocycles. The molecule has 1 saturated carbocycles. The number of primary amides is 1. The first-order valence-corrected chi connectivity index (χ1v) is 10.9. The summed E-state index contributed by atoms with van der Waals surface area (Å²) in [4.78, 5) is 20.6. The molecule has 0 unspecified atom stereocenters. The Morgan fingerprint density at radius 3 is 2.68 bits per heavy atom. The average Bonchev–Trinajstić information content (AvgIpc) is 2.78. The molecule has 6 N–H and O–H groups in total. The molecule has 1 amide bonds. The summed E-state index contributed by atoms with van der Waals surface area (Å²) in [5.74, 6) is -1.13. The van der Waals surface area contributed by atoms with E-state index >= 15 is 0 Å². The molecule has 0 radical (unpaired) electrons. The molecule has 1 fully saturated rings. The molecule has 2 heterocycles. The van der Waals surface area contributed by atoms with E-state index in [9.17, 15) is 9.18 Å². The average molecular weight is 425 g/mol. The maximum Gasteiger partial charge on any atom is 0.252 e. The number of anilines is 3. The fraction of sp³-hybridized carbons (Fsp3) is 0.435. The predicted molar refractivity (Wildman–Crippen MR) is 121 cm³/mol. The quantitative estimate of drug-likeness (QED) is 0.554. The minimum absolute atomic E-state index is 0.0155. The maximum absolute atomic E-state index is 14.7. The van der Waals surface area contributed by atoms with Gasteiger partial charge in [0.05, 0.1) is 17.4 Å². The maximum atomic E-state index is 14.7. The number of nitrogens with one attached hydrogen (secondary N) is 2. The van der Waals surface area contributed by atoms with Gasteiger partial charge in [0.1, 0.15) is 5.82 Å². The number of pyridine rings is 2. The minimum atomic E-state index is -0.756. The first kappa shape index (κ1) is 21.2. The zero-order valence-corrected chi connectivity index (χ0v) is 17.5. The lowest BCUT2D eigenvalue weighted by Gasteiger charge is -2.30. The molecule has 8 heteroatoms. The fourth-order valence-corrected chi connectivity index (χ4v) is 4.31. The fourth-order valence-electron chi connectivity index (χ4n) is 4.31. The third-order valence-corrected chi connectivity index (χ3v) is 6.05. The van der Waals surface area contributed by atoms with Crippen LogP contribution in [-0.4, -0.2) is 28.0 Å². The topological polar surface area (TPSA) is 119 Å². The second-order valence-corrected chi connectivity index (χ2v) is 8.34. The Kier molecular flexibility index (Phi) is 6.46. The van der Waals surface area contributed by atoms with Crippen LogP contribution < -0.4 is 22.1 Å². The van der Waals surface area contributed by atoms with Gasteiger partial charge in [-0.25, -0.2) is 9.37 Å². The second-order valence-electron chi connectivity index (χ2n) is 8.34. The summed E-state index contributed by atoms with van der Waals surface area (Å²) < 4.78 is 14.7. The summed E-state index contributed by atoms with van der Waals surface area (Å²) in [5.41, 5.74) is 14.6. The van der Waals surface area contributed by atoms with Crippen molar-refractivity contribution in [3.63, 3.8) is 0 Å². The van der Waals surface area contributed by atoms with Crippen LogP contribution in [0.25, 0.3) is 5.57 Å². The molecular weight excluding hydrogens is 395 g/mol. The van der Waals surface area contributed by atoms with Crippen molar-refractivity contribution in [3.05, 3.63) is 47.5 Å². The van der Waals surface area contributed by atoms with Crippen molar-refractivity contribution in [1.29, 1.82) is 0 Å². The number of carbonyl (C=O) groups is 1. The Labute approximate surface area is 181 Å². The van der Waals surface area contributed by atoms with Crippen molar-refractivity contribution in [2.75, 3.05) is 10.6 Å². The van der Waals surface area contributed by atoms with E-state index in [1.54, 1.807) is 6.20 Å². The standard InChI is InChI=1S/C23H29FN6O/c24-18-11-17(21(26)31)22(30-23(18)29-20-9-5-4-8-19(20)25)28-16-10-15(12-27-13-16)14-6-2-1-3-7-14/h6,10-13,19-20H,1-5,7-9,25H2,(H2,26,31)(H2,28,29,30)/t19-,20+/m0/s1. The summed E-state index contributed by atoms with van der Waals surface area (Å²) in [7, 11) is 0. The smallest absolute Gasteiger partial charge is 0.252 e. The minimum Gasteiger partial charge on any atom is -0.365 e. The van der Waals surface area contributed by atoms with Gasteiger partial charge in [0.2, 0.25) is 0 Å². The molecule has 2 aromatic rings. The van der Waals surface area contributed by atoms with E-state index < -0.39 is 11.7 Å². The number of aromatic nitrogens is 2. The van der Waals surface area contributed by atoms with Gasteiger partial charge in [-0.3, -0.25) is 9.78 Å². The van der Waals surface area contributed by atoms with Crippen LogP contribution in [0.2, 0.25) is 0 Å². The summed E-state index contributed by atoms with van der Waals surface area (Å²) in [6.45, 7) is 0. The number of allylic oxidation sites excluding steroid dienone is 2. The van der Waals surface area contributed by atoms with Crippen LogP contribution in [0.3, 0.4) is 0 Å². The highest BCUT2D eigenvalue weighted by molar-refractivity contribution is 5.98. The Balaban J connectivity index is 1.62. The number of amides is 1. The van der Waals surface area contributed by atoms with Gasteiger partial charge in [-0.2, -0.15) is 0 Å². The molecular formula is C23H29FN6O. The molecule has 0 aliphatic heterocycles. The van der Waals surface area contributed by atoms with E-state index in [1.807, 2.05) is 12.3 Å². The van der Waals surface area contributed by atoms with Gasteiger partial charge in [0.25, 0.3) is 5.91 Å². The number of nitrogens with zero attached hydrogens (tertiary/aromatic N) is 2. The van der Waals surface area contributed by atoms with Gasteiger partial charge >= 0.3 is 0 Å². The third-order valence-electron chi connectivity index (χ3n) is 6.05. The molecule has 2 atom stereocenters. The summed E-state index contributed by atoms with van der Waals surface area (Å²) in [6.07, 6.45) is 14.0. The number of carbonyl (C=O) groups excluding carboxylic acids is 1. The number of halogens is 1. The van der Waals surface area contributed by atoms with Crippen LogP contribution in [0.1, 0.15) is 67.3 Å². The van der Waals surface area contributed by atoms with Crippen molar-refractivity contribution in [2.45, 2.75) is 63.5 Å². The van der Waals surface area contributed by atoms with E-state index in [-0.39, 0.29) is 29.3 Å². The molecule has 2 aromatic heterocycles. The van der Waals surface area contributed by atoms with E-state index in [0.717, 1.165) is 56.6 Å². The van der Waals surface area contributed by atoms with Crippen LogP contribution >= 0.6 is 0 Å². The van der Waals surface area contributed by atoms with Crippen LogP contribution in [0.4, 0.5) is 21.7 Å². The van der Waals surface area contributed by atoms with E-state index in [1.165, 1.54) is 12.0 Å². The van der Waals surface area contributed by atoms with Gasteiger partial charge in [-0.1, -0.05) is 18.9 Å². The van der Waals surface area contributed by atoms with E-state index in [4.69, 9.17) is 11.5 Å². The Morgan fingerprint density at radius 1 is 1.10 bits per heavy atom. The van der Waals surface area contributed by atoms with E-state index in [2.05, 4.69) is 26.7 Å². The zero-order chi connectivity index (χ0) is 21.8. The summed E-state index contributed by atoms with van der Waals surface area (Å²) >= 11 is 0. The summed E-state index contributed by atoms with van der Waals surface area (Å²) in [5, 5.41) is 6.24. The first-order chi connectivity index (χ1) is 15.0. The molecule has 0 saturated heterocycles. The van der Waals surface area contributed by atoms with Crippen molar-refractivity contribution in [2.24, 2.45) is 11.5 Å². The van der Waals surface area contributed by atoms with Crippen molar-refractivity contribution < 1.29 is 9.18 Å². The summed E-state index contributed by atoms with van der Waals surface area (Å²) in [6, 6.07) is 2.96. The predicted octanol–water partition coefficient (Wildman–Crippen LogP) is 4.10. The number of hydrogen-bond donors (Lipinski definition) is 4. The Morgan fingerprint density at radius 2 is 1.94 bits per heavy atom. The van der Waals surface area contributed by atoms with Crippen LogP contribution in [0.15, 0.2) is 30.6 Å². The molecule has 2 aliphatic carbocycles. The third kappa shape index (κ3) is 5.02. The van der Waals surface area contributed by atoms with Crippen LogP contribution in [0.5, 0.6) is 0 Å². The van der Waals surface area contributed by atoms with E-state index in [0.29, 0.717) is 5.69 Å². The van der Waals surface area contributed by atoms with Gasteiger partial charge in [0.15, 0.2) is 11.6 Å².